The van der Waals surface area contributed by atoms with E-state index in [2.05, 4.69) is 24.9 Å². The molecule has 0 unspecified atom stereocenters. The number of rotatable bonds is 7. The standard InChI is InChI=1S/C26H27F2N9O3S2/c1-25(2,30)23(38)36-9-5-14(6-10-36)19-18-16-4-3-15(42(39,40)35-26(12-29)7-8-26)11-17(16)37(21(18)32-13-31-19)24-34-33-22(41-24)20(27)28/h3-4,11,13-14,20,35H,5-10,30H2,1-2H3. The van der Waals surface area contributed by atoms with E-state index in [1.807, 2.05) is 6.07 Å². The van der Waals surface area contributed by atoms with Gasteiger partial charge in [0.05, 0.1) is 27.7 Å². The lowest BCUT2D eigenvalue weighted by Gasteiger charge is -2.35. The number of halogens is 2. The number of hydrogen-bond acceptors (Lipinski definition) is 10. The zero-order valence-corrected chi connectivity index (χ0v) is 24.3. The number of hydrogen-bond donors (Lipinski definition) is 2. The van der Waals surface area contributed by atoms with Crippen LogP contribution in [0.1, 0.15) is 62.6 Å². The van der Waals surface area contributed by atoms with E-state index in [-0.39, 0.29) is 21.9 Å². The number of amides is 1. The van der Waals surface area contributed by atoms with Gasteiger partial charge in [-0.25, -0.2) is 27.2 Å². The fourth-order valence-corrected chi connectivity index (χ4v) is 7.47. The molecule has 2 fully saturated rings. The Hall–Kier alpha value is -3.65. The van der Waals surface area contributed by atoms with Gasteiger partial charge < -0.3 is 10.6 Å². The topological polar surface area (TPSA) is 173 Å². The number of nitriles is 1. The van der Waals surface area contributed by atoms with E-state index in [1.165, 1.54) is 23.0 Å². The first-order valence-electron chi connectivity index (χ1n) is 13.3. The molecule has 4 heterocycles. The highest BCUT2D eigenvalue weighted by Crippen LogP contribution is 2.41. The van der Waals surface area contributed by atoms with Gasteiger partial charge in [0.25, 0.3) is 6.43 Å². The molecule has 3 aromatic heterocycles. The third-order valence-corrected chi connectivity index (χ3v) is 10.1. The van der Waals surface area contributed by atoms with E-state index in [1.54, 1.807) is 24.8 Å². The van der Waals surface area contributed by atoms with Gasteiger partial charge in [-0.05, 0) is 51.7 Å². The number of carbonyl (C=O) groups excluding carboxylic acids is 1. The lowest BCUT2D eigenvalue weighted by Crippen LogP contribution is -2.53. The van der Waals surface area contributed by atoms with E-state index in [4.69, 9.17) is 5.73 Å². The van der Waals surface area contributed by atoms with Crippen LogP contribution in [0.3, 0.4) is 0 Å². The molecule has 4 aromatic rings. The summed E-state index contributed by atoms with van der Waals surface area (Å²) in [6.45, 7) is 4.31. The molecular weight excluding hydrogens is 588 g/mol. The van der Waals surface area contributed by atoms with Crippen molar-refractivity contribution in [2.45, 2.75) is 67.8 Å². The van der Waals surface area contributed by atoms with Crippen LogP contribution in [0.25, 0.3) is 27.1 Å². The lowest BCUT2D eigenvalue weighted by atomic mass is 9.90. The first-order valence-corrected chi connectivity index (χ1v) is 15.6. The van der Waals surface area contributed by atoms with Gasteiger partial charge in [-0.15, -0.1) is 10.2 Å². The molecular formula is C26H27F2N9O3S2. The molecule has 1 amide bonds. The Morgan fingerprint density at radius 3 is 2.55 bits per heavy atom. The lowest BCUT2D eigenvalue weighted by molar-refractivity contribution is -0.136. The van der Waals surface area contributed by atoms with Crippen molar-refractivity contribution in [3.8, 4) is 11.2 Å². The summed E-state index contributed by atoms with van der Waals surface area (Å²) in [7, 11) is -4.08. The van der Waals surface area contributed by atoms with Crippen LogP contribution in [0.2, 0.25) is 0 Å². The average Bonchev–Trinajstić information content (AvgIpc) is 3.39. The molecule has 42 heavy (non-hydrogen) atoms. The highest BCUT2D eigenvalue weighted by atomic mass is 32.2. The molecule has 12 nitrogen and oxygen atoms in total. The third kappa shape index (κ3) is 4.89. The molecule has 1 saturated carbocycles. The smallest absolute Gasteiger partial charge is 0.291 e. The highest BCUT2D eigenvalue weighted by molar-refractivity contribution is 7.89. The zero-order chi connectivity index (χ0) is 30.0. The Morgan fingerprint density at radius 1 is 1.24 bits per heavy atom. The molecule has 1 aliphatic heterocycles. The molecule has 6 rings (SSSR count). The van der Waals surface area contributed by atoms with E-state index in [0.29, 0.717) is 77.7 Å². The van der Waals surface area contributed by atoms with Gasteiger partial charge in [-0.3, -0.25) is 9.36 Å². The van der Waals surface area contributed by atoms with Crippen LogP contribution in [0, 0.1) is 11.3 Å². The molecule has 0 bridgehead atoms. The van der Waals surface area contributed by atoms with E-state index in [9.17, 15) is 27.3 Å². The first kappa shape index (κ1) is 28.5. The Balaban J connectivity index is 1.48. The van der Waals surface area contributed by atoms with Crippen molar-refractivity contribution in [1.82, 2.24) is 34.4 Å². The van der Waals surface area contributed by atoms with E-state index in [0.717, 1.165) is 0 Å². The Bertz CT molecular complexity index is 1860. The fourth-order valence-electron chi connectivity index (χ4n) is 5.36. The Kier molecular flexibility index (Phi) is 6.76. The fraction of sp³-hybridized carbons (Fsp3) is 0.462. The molecule has 0 atom stereocenters. The number of alkyl halides is 2. The summed E-state index contributed by atoms with van der Waals surface area (Å²) in [6, 6.07) is 6.51. The van der Waals surface area contributed by atoms with Crippen LogP contribution < -0.4 is 10.5 Å². The summed E-state index contributed by atoms with van der Waals surface area (Å²) in [5.41, 5.74) is 5.35. The molecule has 1 aliphatic carbocycles. The zero-order valence-electron chi connectivity index (χ0n) is 22.7. The number of likely N-dealkylation sites (tertiary alicyclic amines) is 1. The molecule has 1 saturated heterocycles. The van der Waals surface area contributed by atoms with Crippen LogP contribution in [0.15, 0.2) is 29.4 Å². The first-order chi connectivity index (χ1) is 19.8. The maximum atomic E-state index is 13.5. The number of piperidine rings is 1. The van der Waals surface area contributed by atoms with Gasteiger partial charge in [-0.2, -0.15) is 9.98 Å². The van der Waals surface area contributed by atoms with Gasteiger partial charge in [-0.1, -0.05) is 17.4 Å². The Morgan fingerprint density at radius 2 is 1.95 bits per heavy atom. The van der Waals surface area contributed by atoms with Crippen LogP contribution in [0.5, 0.6) is 0 Å². The average molecular weight is 616 g/mol. The molecule has 0 radical (unpaired) electrons. The largest absolute Gasteiger partial charge is 0.341 e. The summed E-state index contributed by atoms with van der Waals surface area (Å²) in [5, 5.41) is 17.9. The normalized spacial score (nSPS) is 17.7. The van der Waals surface area contributed by atoms with Crippen molar-refractivity contribution in [1.29, 1.82) is 5.26 Å². The summed E-state index contributed by atoms with van der Waals surface area (Å²) < 4.78 is 57.4. The Labute approximate surface area is 243 Å². The molecule has 0 spiro atoms. The number of benzene rings is 1. The van der Waals surface area contributed by atoms with Crippen LogP contribution >= 0.6 is 11.3 Å². The SMILES string of the molecule is CC(C)(N)C(=O)N1CCC(c2ncnc3c2c2ccc(S(=O)(=O)NC4(C#N)CC4)cc2n3-c2nnc(C(F)F)s2)CC1. The van der Waals surface area contributed by atoms with E-state index >= 15 is 0 Å². The van der Waals surface area contributed by atoms with Gasteiger partial charge >= 0.3 is 0 Å². The van der Waals surface area contributed by atoms with Gasteiger partial charge in [0.2, 0.25) is 21.1 Å². The van der Waals surface area contributed by atoms with Gasteiger partial charge in [0, 0.05) is 29.8 Å². The molecule has 3 N–H and O–H groups in total. The number of fused-ring (bicyclic) bond motifs is 3. The minimum Gasteiger partial charge on any atom is -0.341 e. The number of aromatic nitrogens is 5. The van der Waals surface area contributed by atoms with Crippen molar-refractivity contribution >= 4 is 49.2 Å². The summed E-state index contributed by atoms with van der Waals surface area (Å²) in [4.78, 5) is 23.4. The quantitative estimate of drug-likeness (QED) is 0.317. The maximum absolute atomic E-state index is 13.5. The number of nitrogens with two attached hydrogens (primary N) is 1. The summed E-state index contributed by atoms with van der Waals surface area (Å²) >= 11 is 0.679. The van der Waals surface area contributed by atoms with Crippen molar-refractivity contribution in [3.63, 3.8) is 0 Å². The van der Waals surface area contributed by atoms with Crippen molar-refractivity contribution < 1.29 is 22.0 Å². The van der Waals surface area contributed by atoms with Crippen LogP contribution in [-0.4, -0.2) is 68.1 Å². The van der Waals surface area contributed by atoms with Gasteiger partial charge in [0.15, 0.2) is 10.7 Å². The summed E-state index contributed by atoms with van der Waals surface area (Å²) in [6.07, 6.45) is 0.605. The second-order valence-corrected chi connectivity index (χ2v) is 14.0. The minimum absolute atomic E-state index is 0.0547. The molecule has 1 aromatic carbocycles. The molecule has 220 valence electrons. The molecule has 16 heteroatoms. The van der Waals surface area contributed by atoms with Gasteiger partial charge in [0.1, 0.15) is 11.9 Å². The maximum Gasteiger partial charge on any atom is 0.291 e. The minimum atomic E-state index is -4.08. The highest BCUT2D eigenvalue weighted by Gasteiger charge is 2.47. The monoisotopic (exact) mass is 615 g/mol. The predicted octanol–water partition coefficient (Wildman–Crippen LogP) is 3.14. The predicted molar refractivity (Wildman–Crippen MR) is 150 cm³/mol. The second-order valence-electron chi connectivity index (χ2n) is 11.3. The second kappa shape index (κ2) is 9.97. The van der Waals surface area contributed by atoms with Crippen LogP contribution in [-0.2, 0) is 14.8 Å². The van der Waals surface area contributed by atoms with Crippen molar-refractivity contribution in [2.75, 3.05) is 13.1 Å². The van der Waals surface area contributed by atoms with E-state index < -0.39 is 32.5 Å². The number of nitrogens with one attached hydrogen (secondary N) is 1. The number of sulfonamides is 1. The summed E-state index contributed by atoms with van der Waals surface area (Å²) in [5.74, 6) is -0.191. The third-order valence-electron chi connectivity index (χ3n) is 7.68. The number of carbonyl (C=O) groups is 1. The van der Waals surface area contributed by atoms with Crippen molar-refractivity contribution in [2.24, 2.45) is 5.73 Å². The van der Waals surface area contributed by atoms with Crippen LogP contribution in [0.4, 0.5) is 8.78 Å². The van der Waals surface area contributed by atoms with Crippen molar-refractivity contribution in [3.05, 3.63) is 35.2 Å². The number of nitrogens with zero attached hydrogens (tertiary/aromatic N) is 7. The molecule has 2 aliphatic rings.